The van der Waals surface area contributed by atoms with Crippen molar-refractivity contribution >= 4 is 39.9 Å². The summed E-state index contributed by atoms with van der Waals surface area (Å²) in [4.78, 5) is 39.1. The van der Waals surface area contributed by atoms with Crippen molar-refractivity contribution in [3.63, 3.8) is 0 Å². The molecule has 9 heteroatoms. The summed E-state index contributed by atoms with van der Waals surface area (Å²) in [5, 5.41) is 5.70. The molecular formula is C19H18N4O4S. The van der Waals surface area contributed by atoms with Gasteiger partial charge in [-0.1, -0.05) is 12.1 Å². The number of anilines is 2. The maximum absolute atomic E-state index is 12.6. The number of furan rings is 1. The molecule has 2 heterocycles. The molecule has 0 unspecified atom stereocenters. The molecule has 3 aromatic rings. The number of nitrogens with one attached hydrogen (secondary N) is 2. The number of nitrogens with zero attached hydrogens (tertiary/aromatic N) is 2. The van der Waals surface area contributed by atoms with Crippen LogP contribution in [0.2, 0.25) is 0 Å². The summed E-state index contributed by atoms with van der Waals surface area (Å²) in [6, 6.07) is 8.78. The van der Waals surface area contributed by atoms with Crippen LogP contribution in [0, 0.1) is 6.92 Å². The van der Waals surface area contributed by atoms with E-state index in [1.165, 1.54) is 13.8 Å². The average Bonchev–Trinajstić information content (AvgIpc) is 3.20. The molecule has 0 saturated carbocycles. The Bertz CT molecular complexity index is 1050. The minimum atomic E-state index is -0.379. The molecule has 0 bridgehead atoms. The first kappa shape index (κ1) is 19.4. The summed E-state index contributed by atoms with van der Waals surface area (Å²) in [5.74, 6) is 0.736. The highest BCUT2D eigenvalue weighted by atomic mass is 32.1. The summed E-state index contributed by atoms with van der Waals surface area (Å²) < 4.78 is 9.78. The molecule has 0 atom stereocenters. The van der Waals surface area contributed by atoms with Gasteiger partial charge in [0.1, 0.15) is 17.3 Å². The largest absolute Gasteiger partial charge is 0.461 e. The minimum absolute atomic E-state index is 0.0486. The van der Waals surface area contributed by atoms with Gasteiger partial charge in [-0.3, -0.25) is 19.7 Å². The first-order valence-corrected chi connectivity index (χ1v) is 9.21. The van der Waals surface area contributed by atoms with Gasteiger partial charge in [0.05, 0.1) is 12.0 Å². The van der Waals surface area contributed by atoms with E-state index in [0.29, 0.717) is 33.7 Å². The van der Waals surface area contributed by atoms with E-state index in [9.17, 15) is 14.4 Å². The number of hydrogen-bond donors (Lipinski definition) is 2. The second-order valence-corrected chi connectivity index (χ2v) is 6.94. The van der Waals surface area contributed by atoms with E-state index in [0.717, 1.165) is 17.1 Å². The van der Waals surface area contributed by atoms with Crippen LogP contribution in [0.1, 0.15) is 35.8 Å². The number of benzene rings is 1. The molecule has 0 radical (unpaired) electrons. The van der Waals surface area contributed by atoms with E-state index < -0.39 is 0 Å². The normalized spacial score (nSPS) is 10.5. The van der Waals surface area contributed by atoms with Crippen molar-refractivity contribution < 1.29 is 18.8 Å². The highest BCUT2D eigenvalue weighted by molar-refractivity contribution is 7.09. The second kappa shape index (κ2) is 8.13. The Morgan fingerprint density at radius 3 is 2.64 bits per heavy atom. The lowest BCUT2D eigenvalue weighted by molar-refractivity contribution is -0.116. The molecule has 28 heavy (non-hydrogen) atoms. The molecule has 0 aliphatic carbocycles. The molecule has 2 amide bonds. The van der Waals surface area contributed by atoms with Gasteiger partial charge in [0, 0.05) is 29.7 Å². The van der Waals surface area contributed by atoms with Crippen molar-refractivity contribution in [1.29, 1.82) is 0 Å². The Hall–Kier alpha value is -3.33. The van der Waals surface area contributed by atoms with Crippen molar-refractivity contribution in [2.75, 3.05) is 10.6 Å². The fraction of sp³-hybridized carbons (Fsp3) is 0.211. The lowest BCUT2D eigenvalue weighted by Crippen LogP contribution is -2.12. The lowest BCUT2D eigenvalue weighted by atomic mass is 10.1. The predicted molar refractivity (Wildman–Crippen MR) is 105 cm³/mol. The van der Waals surface area contributed by atoms with Crippen LogP contribution in [0.15, 0.2) is 34.7 Å². The third-order valence-corrected chi connectivity index (χ3v) is 4.39. The van der Waals surface area contributed by atoms with Crippen LogP contribution in [0.25, 0.3) is 11.3 Å². The molecule has 3 rings (SSSR count). The molecule has 2 aromatic heterocycles. The molecule has 0 fully saturated rings. The SMILES string of the molecule is CC(=O)Cc1nsc(NC(=O)c2cc(-c3cccc(NC(C)=O)c3)oc2C)n1. The van der Waals surface area contributed by atoms with Crippen molar-refractivity contribution in [1.82, 2.24) is 9.36 Å². The van der Waals surface area contributed by atoms with Crippen molar-refractivity contribution in [3.8, 4) is 11.3 Å². The van der Waals surface area contributed by atoms with Crippen LogP contribution in [0.4, 0.5) is 10.8 Å². The Kier molecular flexibility index (Phi) is 5.65. The van der Waals surface area contributed by atoms with Crippen LogP contribution >= 0.6 is 11.5 Å². The Labute approximate surface area is 165 Å². The molecule has 0 spiro atoms. The predicted octanol–water partition coefficient (Wildman–Crippen LogP) is 3.45. The van der Waals surface area contributed by atoms with Crippen LogP contribution < -0.4 is 10.6 Å². The molecule has 2 N–H and O–H groups in total. The van der Waals surface area contributed by atoms with Crippen LogP contribution in [-0.4, -0.2) is 27.0 Å². The van der Waals surface area contributed by atoms with Gasteiger partial charge in [-0.25, -0.2) is 4.98 Å². The van der Waals surface area contributed by atoms with Gasteiger partial charge in [0.25, 0.3) is 5.91 Å². The van der Waals surface area contributed by atoms with Crippen molar-refractivity contribution in [2.24, 2.45) is 0 Å². The quantitative estimate of drug-likeness (QED) is 0.657. The summed E-state index contributed by atoms with van der Waals surface area (Å²) in [5.41, 5.74) is 1.73. The van der Waals surface area contributed by atoms with E-state index in [2.05, 4.69) is 20.0 Å². The first-order chi connectivity index (χ1) is 13.3. The average molecular weight is 398 g/mol. The van der Waals surface area contributed by atoms with E-state index in [1.54, 1.807) is 31.2 Å². The maximum Gasteiger partial charge on any atom is 0.261 e. The number of Topliss-reactive ketones (excluding diaryl/α,β-unsaturated/α-hetero) is 1. The fourth-order valence-corrected chi connectivity index (χ4v) is 3.15. The zero-order valence-corrected chi connectivity index (χ0v) is 16.3. The van der Waals surface area contributed by atoms with Crippen LogP contribution in [-0.2, 0) is 16.0 Å². The topological polar surface area (TPSA) is 114 Å². The Morgan fingerprint density at radius 2 is 1.93 bits per heavy atom. The van der Waals surface area contributed by atoms with Gasteiger partial charge in [0.2, 0.25) is 11.0 Å². The van der Waals surface area contributed by atoms with Crippen molar-refractivity contribution in [3.05, 3.63) is 47.5 Å². The third kappa shape index (κ3) is 4.68. The number of aromatic nitrogens is 2. The maximum atomic E-state index is 12.6. The first-order valence-electron chi connectivity index (χ1n) is 8.43. The molecular weight excluding hydrogens is 380 g/mol. The molecule has 0 aliphatic rings. The Morgan fingerprint density at radius 1 is 1.14 bits per heavy atom. The van der Waals surface area contributed by atoms with Gasteiger partial charge >= 0.3 is 0 Å². The summed E-state index contributed by atoms with van der Waals surface area (Å²) in [7, 11) is 0. The zero-order valence-electron chi connectivity index (χ0n) is 15.5. The second-order valence-electron chi connectivity index (χ2n) is 6.19. The highest BCUT2D eigenvalue weighted by Crippen LogP contribution is 2.28. The van der Waals surface area contributed by atoms with Gasteiger partial charge < -0.3 is 9.73 Å². The zero-order chi connectivity index (χ0) is 20.3. The number of rotatable bonds is 6. The van der Waals surface area contributed by atoms with Crippen LogP contribution in [0.3, 0.4) is 0 Å². The fourth-order valence-electron chi connectivity index (χ4n) is 2.57. The standard InChI is InChI=1S/C19H18N4O4S/c1-10(24)7-17-21-19(28-23-17)22-18(26)15-9-16(27-11(15)2)13-5-4-6-14(8-13)20-12(3)25/h4-6,8-9H,7H2,1-3H3,(H,20,25)(H,21,22,23,26). The summed E-state index contributed by atoms with van der Waals surface area (Å²) >= 11 is 1.02. The van der Waals surface area contributed by atoms with E-state index in [1.807, 2.05) is 6.07 Å². The van der Waals surface area contributed by atoms with Crippen LogP contribution in [0.5, 0.6) is 0 Å². The van der Waals surface area contributed by atoms with Crippen molar-refractivity contribution in [2.45, 2.75) is 27.2 Å². The molecule has 0 saturated heterocycles. The molecule has 8 nitrogen and oxygen atoms in total. The van der Waals surface area contributed by atoms with E-state index in [-0.39, 0.29) is 24.0 Å². The minimum Gasteiger partial charge on any atom is -0.461 e. The molecule has 0 aliphatic heterocycles. The molecule has 1 aromatic carbocycles. The highest BCUT2D eigenvalue weighted by Gasteiger charge is 2.18. The Balaban J connectivity index is 1.78. The summed E-state index contributed by atoms with van der Waals surface area (Å²) in [6.07, 6.45) is 0.131. The number of aryl methyl sites for hydroxylation is 1. The van der Waals surface area contributed by atoms with Gasteiger partial charge in [-0.2, -0.15) is 4.37 Å². The monoisotopic (exact) mass is 398 g/mol. The van der Waals surface area contributed by atoms with Gasteiger partial charge in [-0.05, 0) is 32.0 Å². The molecule has 144 valence electrons. The van der Waals surface area contributed by atoms with E-state index >= 15 is 0 Å². The number of carbonyl (C=O) groups is 3. The summed E-state index contributed by atoms with van der Waals surface area (Å²) in [6.45, 7) is 4.58. The number of carbonyl (C=O) groups excluding carboxylic acids is 3. The number of amides is 2. The number of hydrogen-bond acceptors (Lipinski definition) is 7. The third-order valence-electron chi connectivity index (χ3n) is 3.73. The number of ketones is 1. The lowest BCUT2D eigenvalue weighted by Gasteiger charge is -2.03. The smallest absolute Gasteiger partial charge is 0.261 e. The van der Waals surface area contributed by atoms with E-state index in [4.69, 9.17) is 4.42 Å². The van der Waals surface area contributed by atoms with Gasteiger partial charge in [0.15, 0.2) is 5.82 Å². The van der Waals surface area contributed by atoms with Gasteiger partial charge in [-0.15, -0.1) is 0 Å².